The number of hydrogen-bond donors (Lipinski definition) is 1. The van der Waals surface area contributed by atoms with E-state index in [1.807, 2.05) is 35.9 Å². The number of fused-ring (bicyclic) bond motifs is 1. The van der Waals surface area contributed by atoms with Gasteiger partial charge in [0.05, 0.1) is 30.2 Å². The lowest BCUT2D eigenvalue weighted by Crippen LogP contribution is -2.03. The van der Waals surface area contributed by atoms with E-state index in [1.165, 1.54) is 6.20 Å². The summed E-state index contributed by atoms with van der Waals surface area (Å²) in [6.07, 6.45) is 1.37. The fraction of sp³-hybridized carbons (Fsp3) is 0.200. The number of carboxylic acid groups (broad SMARTS) is 1. The molecule has 3 aromatic rings. The highest BCUT2D eigenvalue weighted by Gasteiger charge is 2.21. The minimum Gasteiger partial charge on any atom is -0.496 e. The second kappa shape index (κ2) is 4.66. The van der Waals surface area contributed by atoms with Crippen molar-refractivity contribution in [2.45, 2.75) is 0 Å². The number of methoxy groups -OCH3 is 1. The molecular formula is C15H15N3O3. The highest BCUT2D eigenvalue weighted by molar-refractivity contribution is 5.98. The molecule has 2 heterocycles. The molecule has 0 amide bonds. The van der Waals surface area contributed by atoms with Crippen molar-refractivity contribution in [3.63, 3.8) is 0 Å². The Balaban J connectivity index is 2.34. The molecule has 0 radical (unpaired) electrons. The quantitative estimate of drug-likeness (QED) is 0.801. The first-order chi connectivity index (χ1) is 10.0. The van der Waals surface area contributed by atoms with Crippen LogP contribution in [0.1, 0.15) is 10.4 Å². The van der Waals surface area contributed by atoms with Crippen molar-refractivity contribution in [3.05, 3.63) is 36.0 Å². The summed E-state index contributed by atoms with van der Waals surface area (Å²) in [7, 11) is 5.25. The number of aryl methyl sites for hydroxylation is 2. The molecule has 0 aliphatic heterocycles. The number of aromatic nitrogens is 3. The molecule has 6 nitrogen and oxygen atoms in total. The van der Waals surface area contributed by atoms with Crippen LogP contribution in [-0.2, 0) is 14.1 Å². The zero-order valence-electron chi connectivity index (χ0n) is 12.0. The molecule has 0 aliphatic rings. The number of carbonyl (C=O) groups is 1. The van der Waals surface area contributed by atoms with Gasteiger partial charge in [0.2, 0.25) is 0 Å². The van der Waals surface area contributed by atoms with Gasteiger partial charge in [0.1, 0.15) is 11.3 Å². The SMILES string of the molecule is COc1cccc2c1cc(-c1c(C(=O)O)cnn1C)n2C. The normalized spacial score (nSPS) is 11.0. The predicted molar refractivity (Wildman–Crippen MR) is 78.6 cm³/mol. The number of benzene rings is 1. The predicted octanol–water partition coefficient (Wildman–Crippen LogP) is 2.29. The molecule has 0 aliphatic carbocycles. The summed E-state index contributed by atoms with van der Waals surface area (Å²) in [4.78, 5) is 11.4. The molecule has 0 saturated carbocycles. The van der Waals surface area contributed by atoms with E-state index in [0.717, 1.165) is 22.3 Å². The first-order valence-electron chi connectivity index (χ1n) is 6.42. The zero-order valence-corrected chi connectivity index (χ0v) is 12.0. The fourth-order valence-electron chi connectivity index (χ4n) is 2.64. The van der Waals surface area contributed by atoms with Gasteiger partial charge in [-0.2, -0.15) is 5.10 Å². The first kappa shape index (κ1) is 13.2. The van der Waals surface area contributed by atoms with Crippen molar-refractivity contribution in [2.24, 2.45) is 14.1 Å². The van der Waals surface area contributed by atoms with Gasteiger partial charge in [-0.3, -0.25) is 4.68 Å². The third-order valence-corrected chi connectivity index (χ3v) is 3.68. The molecule has 3 rings (SSSR count). The van der Waals surface area contributed by atoms with Crippen molar-refractivity contribution >= 4 is 16.9 Å². The Labute approximate surface area is 121 Å². The fourth-order valence-corrected chi connectivity index (χ4v) is 2.64. The summed E-state index contributed by atoms with van der Waals surface area (Å²) >= 11 is 0. The number of nitrogens with zero attached hydrogens (tertiary/aromatic N) is 3. The Morgan fingerprint density at radius 1 is 1.33 bits per heavy atom. The van der Waals surface area contributed by atoms with E-state index in [2.05, 4.69) is 5.10 Å². The standard InChI is InChI=1S/C15H15N3O3/c1-17-11-5-4-6-13(21-3)9(11)7-12(17)14-10(15(19)20)8-16-18(14)2/h4-8H,1-3H3,(H,19,20). The van der Waals surface area contributed by atoms with Gasteiger partial charge in [-0.25, -0.2) is 4.79 Å². The third-order valence-electron chi connectivity index (χ3n) is 3.68. The van der Waals surface area contributed by atoms with Gasteiger partial charge >= 0.3 is 5.97 Å². The number of hydrogen-bond acceptors (Lipinski definition) is 3. The summed E-state index contributed by atoms with van der Waals surface area (Å²) in [6, 6.07) is 7.69. The van der Waals surface area contributed by atoms with Gasteiger partial charge in [-0.15, -0.1) is 0 Å². The van der Waals surface area contributed by atoms with Crippen molar-refractivity contribution in [1.82, 2.24) is 14.3 Å². The van der Waals surface area contributed by atoms with E-state index < -0.39 is 5.97 Å². The minimum atomic E-state index is -0.990. The molecule has 2 aromatic heterocycles. The molecule has 0 unspecified atom stereocenters. The highest BCUT2D eigenvalue weighted by Crippen LogP contribution is 2.33. The van der Waals surface area contributed by atoms with E-state index in [9.17, 15) is 9.90 Å². The van der Waals surface area contributed by atoms with Gasteiger partial charge in [0.25, 0.3) is 0 Å². The van der Waals surface area contributed by atoms with Crippen LogP contribution >= 0.6 is 0 Å². The smallest absolute Gasteiger partial charge is 0.339 e. The van der Waals surface area contributed by atoms with E-state index in [4.69, 9.17) is 4.74 Å². The maximum absolute atomic E-state index is 11.4. The van der Waals surface area contributed by atoms with Crippen LogP contribution in [-0.4, -0.2) is 32.5 Å². The summed E-state index contributed by atoms with van der Waals surface area (Å²) in [6.45, 7) is 0. The maximum Gasteiger partial charge on any atom is 0.339 e. The Hall–Kier alpha value is -2.76. The van der Waals surface area contributed by atoms with Crippen LogP contribution in [0.25, 0.3) is 22.3 Å². The van der Waals surface area contributed by atoms with Crippen LogP contribution in [0.15, 0.2) is 30.5 Å². The van der Waals surface area contributed by atoms with Crippen molar-refractivity contribution in [2.75, 3.05) is 7.11 Å². The molecule has 0 fully saturated rings. The first-order valence-corrected chi connectivity index (χ1v) is 6.42. The zero-order chi connectivity index (χ0) is 15.1. The number of carboxylic acids is 1. The summed E-state index contributed by atoms with van der Waals surface area (Å²) in [5.41, 5.74) is 2.51. The molecule has 0 spiro atoms. The van der Waals surface area contributed by atoms with Crippen LogP contribution in [0.5, 0.6) is 5.75 Å². The monoisotopic (exact) mass is 285 g/mol. The molecule has 1 N–H and O–H groups in total. The molecule has 6 heteroatoms. The molecule has 21 heavy (non-hydrogen) atoms. The van der Waals surface area contributed by atoms with Crippen LogP contribution in [0.3, 0.4) is 0 Å². The van der Waals surface area contributed by atoms with Crippen LogP contribution in [0, 0.1) is 0 Å². The topological polar surface area (TPSA) is 69.3 Å². The summed E-state index contributed by atoms with van der Waals surface area (Å²) in [5, 5.41) is 14.3. The molecular weight excluding hydrogens is 270 g/mol. The number of aromatic carboxylic acids is 1. The van der Waals surface area contributed by atoms with Crippen molar-refractivity contribution < 1.29 is 14.6 Å². The molecule has 0 atom stereocenters. The Kier molecular flexibility index (Phi) is 2.94. The lowest BCUT2D eigenvalue weighted by molar-refractivity contribution is 0.0697. The lowest BCUT2D eigenvalue weighted by Gasteiger charge is -2.06. The number of rotatable bonds is 3. The second-order valence-corrected chi connectivity index (χ2v) is 4.82. The molecule has 0 saturated heterocycles. The lowest BCUT2D eigenvalue weighted by atomic mass is 10.2. The molecule has 0 bridgehead atoms. The number of ether oxygens (including phenoxy) is 1. The van der Waals surface area contributed by atoms with E-state index >= 15 is 0 Å². The van der Waals surface area contributed by atoms with Crippen LogP contribution in [0.2, 0.25) is 0 Å². The third kappa shape index (κ3) is 1.87. The van der Waals surface area contributed by atoms with Crippen LogP contribution in [0.4, 0.5) is 0 Å². The van der Waals surface area contributed by atoms with E-state index in [-0.39, 0.29) is 5.56 Å². The van der Waals surface area contributed by atoms with Gasteiger partial charge in [-0.05, 0) is 18.2 Å². The Morgan fingerprint density at radius 3 is 2.76 bits per heavy atom. The average molecular weight is 285 g/mol. The Morgan fingerprint density at radius 2 is 2.10 bits per heavy atom. The average Bonchev–Trinajstić information content (AvgIpc) is 3.00. The minimum absolute atomic E-state index is 0.183. The Bertz CT molecular complexity index is 845. The van der Waals surface area contributed by atoms with Gasteiger partial charge in [-0.1, -0.05) is 6.07 Å². The summed E-state index contributed by atoms with van der Waals surface area (Å²) < 4.78 is 8.89. The summed E-state index contributed by atoms with van der Waals surface area (Å²) in [5.74, 6) is -0.233. The van der Waals surface area contributed by atoms with Gasteiger partial charge in [0, 0.05) is 19.5 Å². The maximum atomic E-state index is 11.4. The second-order valence-electron chi connectivity index (χ2n) is 4.82. The van der Waals surface area contributed by atoms with Gasteiger partial charge < -0.3 is 14.4 Å². The largest absolute Gasteiger partial charge is 0.496 e. The van der Waals surface area contributed by atoms with Gasteiger partial charge in [0.15, 0.2) is 0 Å². The highest BCUT2D eigenvalue weighted by atomic mass is 16.5. The van der Waals surface area contributed by atoms with Crippen molar-refractivity contribution in [3.8, 4) is 17.1 Å². The van der Waals surface area contributed by atoms with E-state index in [0.29, 0.717) is 5.69 Å². The van der Waals surface area contributed by atoms with E-state index in [1.54, 1.807) is 18.8 Å². The molecule has 108 valence electrons. The molecule has 1 aromatic carbocycles. The van der Waals surface area contributed by atoms with Crippen LogP contribution < -0.4 is 4.74 Å². The van der Waals surface area contributed by atoms with Crippen molar-refractivity contribution in [1.29, 1.82) is 0 Å².